The Morgan fingerprint density at radius 1 is 1.38 bits per heavy atom. The Labute approximate surface area is 132 Å². The molecule has 1 atom stereocenters. The first kappa shape index (κ1) is 14.6. The van der Waals surface area contributed by atoms with Crippen LogP contribution in [0, 0.1) is 0 Å². The lowest BCUT2D eigenvalue weighted by atomic mass is 10.2. The van der Waals surface area contributed by atoms with Crippen LogP contribution in [-0.4, -0.2) is 35.0 Å². The van der Waals surface area contributed by atoms with E-state index in [1.54, 1.807) is 17.5 Å². The zero-order valence-electron chi connectivity index (χ0n) is 11.5. The number of carbonyl (C=O) groups excluding carboxylic acids is 1. The quantitative estimate of drug-likeness (QED) is 0.910. The fraction of sp³-hybridized carbons (Fsp3) is 0.333. The Bertz CT molecular complexity index is 577. The monoisotopic (exact) mass is 319 g/mol. The lowest BCUT2D eigenvalue weighted by molar-refractivity contribution is -0.116. The van der Waals surface area contributed by atoms with Crippen LogP contribution in [0.4, 0.5) is 5.69 Å². The molecule has 6 heteroatoms. The van der Waals surface area contributed by atoms with Gasteiger partial charge in [-0.2, -0.15) is 11.8 Å². The predicted molar refractivity (Wildman–Crippen MR) is 89.9 cm³/mol. The first-order valence-electron chi connectivity index (χ1n) is 6.92. The molecule has 21 heavy (non-hydrogen) atoms. The van der Waals surface area contributed by atoms with Crippen molar-refractivity contribution in [3.8, 4) is 10.6 Å². The van der Waals surface area contributed by atoms with Gasteiger partial charge in [-0.15, -0.1) is 11.3 Å². The molecule has 1 saturated heterocycles. The van der Waals surface area contributed by atoms with E-state index in [0.717, 1.165) is 34.3 Å². The molecule has 1 fully saturated rings. The number of benzene rings is 1. The summed E-state index contributed by atoms with van der Waals surface area (Å²) >= 11 is 3.51. The summed E-state index contributed by atoms with van der Waals surface area (Å²) in [5.41, 5.74) is 1.91. The summed E-state index contributed by atoms with van der Waals surface area (Å²) in [7, 11) is 0. The van der Waals surface area contributed by atoms with Gasteiger partial charge in [-0.1, -0.05) is 0 Å². The molecule has 0 radical (unpaired) electrons. The average Bonchev–Trinajstić information content (AvgIpc) is 3.03. The van der Waals surface area contributed by atoms with Gasteiger partial charge in [0.05, 0.1) is 0 Å². The number of hydrogen-bond acceptors (Lipinski definition) is 5. The Morgan fingerprint density at radius 2 is 2.24 bits per heavy atom. The molecule has 2 aromatic rings. The molecule has 1 aromatic carbocycles. The maximum atomic E-state index is 12.0. The van der Waals surface area contributed by atoms with Crippen LogP contribution < -0.4 is 10.6 Å². The largest absolute Gasteiger partial charge is 0.326 e. The molecule has 4 nitrogen and oxygen atoms in total. The van der Waals surface area contributed by atoms with E-state index in [1.165, 1.54) is 0 Å². The number of nitrogens with one attached hydrogen (secondary N) is 2. The highest BCUT2D eigenvalue weighted by molar-refractivity contribution is 7.99. The third-order valence-electron chi connectivity index (χ3n) is 3.28. The van der Waals surface area contributed by atoms with Crippen LogP contribution in [0.15, 0.2) is 35.8 Å². The summed E-state index contributed by atoms with van der Waals surface area (Å²) < 4.78 is 0. The number of aromatic nitrogens is 1. The normalized spacial score (nSPS) is 18.4. The van der Waals surface area contributed by atoms with E-state index in [9.17, 15) is 4.79 Å². The molecule has 0 bridgehead atoms. The third-order valence-corrected chi connectivity index (χ3v) is 5.23. The van der Waals surface area contributed by atoms with Crippen molar-refractivity contribution in [2.45, 2.75) is 12.5 Å². The van der Waals surface area contributed by atoms with Gasteiger partial charge in [0, 0.05) is 53.3 Å². The lowest BCUT2D eigenvalue weighted by Gasteiger charge is -2.22. The average molecular weight is 319 g/mol. The van der Waals surface area contributed by atoms with Gasteiger partial charge in [0.15, 0.2) is 0 Å². The Kier molecular flexibility index (Phi) is 4.90. The van der Waals surface area contributed by atoms with Crippen molar-refractivity contribution < 1.29 is 4.79 Å². The van der Waals surface area contributed by atoms with Crippen LogP contribution in [0.25, 0.3) is 10.6 Å². The standard InChI is InChI=1S/C15H17N3OS2/c19-14(9-13-10-20-7-5-16-13)18-12-3-1-11(2-4-12)15-17-6-8-21-15/h1-4,6,8,13,16H,5,7,9-10H2,(H,18,19). The highest BCUT2D eigenvalue weighted by atomic mass is 32.2. The Hall–Kier alpha value is -1.37. The third kappa shape index (κ3) is 4.06. The van der Waals surface area contributed by atoms with E-state index in [4.69, 9.17) is 0 Å². The highest BCUT2D eigenvalue weighted by Crippen LogP contribution is 2.23. The fourth-order valence-corrected chi connectivity index (χ4v) is 3.84. The van der Waals surface area contributed by atoms with Crippen molar-refractivity contribution in [1.82, 2.24) is 10.3 Å². The molecule has 110 valence electrons. The van der Waals surface area contributed by atoms with E-state index >= 15 is 0 Å². The molecule has 1 unspecified atom stereocenters. The van der Waals surface area contributed by atoms with Gasteiger partial charge < -0.3 is 10.6 Å². The molecule has 0 spiro atoms. The number of rotatable bonds is 4. The van der Waals surface area contributed by atoms with Crippen LogP contribution >= 0.6 is 23.1 Å². The summed E-state index contributed by atoms with van der Waals surface area (Å²) in [4.78, 5) is 16.3. The molecular formula is C15H17N3OS2. The van der Waals surface area contributed by atoms with Gasteiger partial charge in [-0.25, -0.2) is 4.98 Å². The lowest BCUT2D eigenvalue weighted by Crippen LogP contribution is -2.39. The Morgan fingerprint density at radius 3 is 2.90 bits per heavy atom. The minimum Gasteiger partial charge on any atom is -0.326 e. The predicted octanol–water partition coefficient (Wildman–Crippen LogP) is 2.84. The van der Waals surface area contributed by atoms with Gasteiger partial charge in [0.2, 0.25) is 5.91 Å². The van der Waals surface area contributed by atoms with Crippen molar-refractivity contribution in [2.75, 3.05) is 23.4 Å². The zero-order chi connectivity index (χ0) is 14.5. The summed E-state index contributed by atoms with van der Waals surface area (Å²) in [6.07, 6.45) is 2.33. The number of anilines is 1. The summed E-state index contributed by atoms with van der Waals surface area (Å²) in [5, 5.41) is 9.29. The molecule has 2 N–H and O–H groups in total. The summed E-state index contributed by atoms with van der Waals surface area (Å²) in [5.74, 6) is 2.21. The molecule has 0 saturated carbocycles. The second kappa shape index (κ2) is 7.06. The van der Waals surface area contributed by atoms with Gasteiger partial charge in [0.25, 0.3) is 0 Å². The SMILES string of the molecule is O=C(CC1CSCCN1)Nc1ccc(-c2nccs2)cc1. The highest BCUT2D eigenvalue weighted by Gasteiger charge is 2.16. The van der Waals surface area contributed by atoms with Crippen molar-refractivity contribution in [3.63, 3.8) is 0 Å². The molecule has 1 aliphatic heterocycles. The first-order valence-corrected chi connectivity index (χ1v) is 8.95. The van der Waals surface area contributed by atoms with Gasteiger partial charge in [-0.05, 0) is 24.3 Å². The topological polar surface area (TPSA) is 54.0 Å². The molecular weight excluding hydrogens is 302 g/mol. The van der Waals surface area contributed by atoms with E-state index < -0.39 is 0 Å². The van der Waals surface area contributed by atoms with Crippen molar-refractivity contribution in [1.29, 1.82) is 0 Å². The Balaban J connectivity index is 1.56. The molecule has 1 aliphatic rings. The minimum absolute atomic E-state index is 0.0667. The molecule has 1 amide bonds. The van der Waals surface area contributed by atoms with E-state index in [0.29, 0.717) is 12.5 Å². The first-order chi connectivity index (χ1) is 10.3. The second-order valence-corrected chi connectivity index (χ2v) is 6.94. The van der Waals surface area contributed by atoms with Crippen LogP contribution in [0.5, 0.6) is 0 Å². The van der Waals surface area contributed by atoms with Gasteiger partial charge in [-0.3, -0.25) is 4.79 Å². The number of amides is 1. The number of hydrogen-bond donors (Lipinski definition) is 2. The van der Waals surface area contributed by atoms with Crippen molar-refractivity contribution in [2.24, 2.45) is 0 Å². The maximum Gasteiger partial charge on any atom is 0.225 e. The van der Waals surface area contributed by atoms with E-state index in [1.807, 2.05) is 41.4 Å². The minimum atomic E-state index is 0.0667. The zero-order valence-corrected chi connectivity index (χ0v) is 13.2. The molecule has 3 rings (SSSR count). The smallest absolute Gasteiger partial charge is 0.225 e. The summed E-state index contributed by atoms with van der Waals surface area (Å²) in [6.45, 7) is 0.991. The van der Waals surface area contributed by atoms with Crippen molar-refractivity contribution >= 4 is 34.7 Å². The van der Waals surface area contributed by atoms with E-state index in [2.05, 4.69) is 15.6 Å². The van der Waals surface area contributed by atoms with E-state index in [-0.39, 0.29) is 5.91 Å². The van der Waals surface area contributed by atoms with Gasteiger partial charge in [0.1, 0.15) is 5.01 Å². The molecule has 0 aliphatic carbocycles. The van der Waals surface area contributed by atoms with Crippen LogP contribution in [0.3, 0.4) is 0 Å². The van der Waals surface area contributed by atoms with Crippen LogP contribution in [-0.2, 0) is 4.79 Å². The number of thioether (sulfide) groups is 1. The maximum absolute atomic E-state index is 12.0. The number of thiazole rings is 1. The van der Waals surface area contributed by atoms with Crippen LogP contribution in [0.1, 0.15) is 6.42 Å². The second-order valence-electron chi connectivity index (χ2n) is 4.89. The van der Waals surface area contributed by atoms with Gasteiger partial charge >= 0.3 is 0 Å². The fourth-order valence-electron chi connectivity index (χ4n) is 2.25. The summed E-state index contributed by atoms with van der Waals surface area (Å²) in [6, 6.07) is 8.13. The van der Waals surface area contributed by atoms with Crippen molar-refractivity contribution in [3.05, 3.63) is 35.8 Å². The number of carbonyl (C=O) groups is 1. The molecule has 1 aromatic heterocycles. The number of nitrogens with zero attached hydrogens (tertiary/aromatic N) is 1. The van der Waals surface area contributed by atoms with Crippen LogP contribution in [0.2, 0.25) is 0 Å². The molecule has 2 heterocycles.